The summed E-state index contributed by atoms with van der Waals surface area (Å²) in [6.45, 7) is 3.76. The standard InChI is InChI=1S/C19H21N3O3S/c1-14-6-8-20-18(21-14)25-15-7-9-24-19(11-15)12-22(13-19)17(23)5-4-16-3-2-10-26-16/h2-6,8,10,15H,7,9,11-13H2,1H3/b5-4+/t15-/m1/s1. The third-order valence-corrected chi connectivity index (χ3v) is 5.53. The number of hydrogen-bond acceptors (Lipinski definition) is 6. The Hall–Kier alpha value is -2.25. The Balaban J connectivity index is 1.32. The van der Waals surface area contributed by atoms with Gasteiger partial charge in [0.05, 0.1) is 19.7 Å². The van der Waals surface area contributed by atoms with Crippen molar-refractivity contribution >= 4 is 23.3 Å². The SMILES string of the molecule is Cc1ccnc(O[C@@H]2CCOC3(C2)CN(C(=O)/C=C/c2cccs2)C3)n1. The molecule has 2 fully saturated rings. The first kappa shape index (κ1) is 17.2. The van der Waals surface area contributed by atoms with E-state index in [1.807, 2.05) is 41.5 Å². The van der Waals surface area contributed by atoms with Crippen LogP contribution in [0.1, 0.15) is 23.4 Å². The molecule has 6 nitrogen and oxygen atoms in total. The van der Waals surface area contributed by atoms with Gasteiger partial charge in [-0.2, -0.15) is 0 Å². The number of nitrogens with zero attached hydrogens (tertiary/aromatic N) is 3. The lowest BCUT2D eigenvalue weighted by atomic mass is 9.84. The lowest BCUT2D eigenvalue weighted by molar-refractivity contribution is -0.190. The molecule has 7 heteroatoms. The highest BCUT2D eigenvalue weighted by Crippen LogP contribution is 2.35. The molecule has 1 spiro atoms. The number of hydrogen-bond donors (Lipinski definition) is 0. The van der Waals surface area contributed by atoms with E-state index in [-0.39, 0.29) is 17.6 Å². The first-order valence-corrected chi connectivity index (χ1v) is 9.61. The van der Waals surface area contributed by atoms with Crippen LogP contribution in [-0.2, 0) is 9.53 Å². The molecule has 0 bridgehead atoms. The summed E-state index contributed by atoms with van der Waals surface area (Å²) < 4.78 is 11.9. The summed E-state index contributed by atoms with van der Waals surface area (Å²) in [5.41, 5.74) is 0.592. The fourth-order valence-corrected chi connectivity index (χ4v) is 4.00. The van der Waals surface area contributed by atoms with E-state index in [2.05, 4.69) is 9.97 Å². The number of carbonyl (C=O) groups is 1. The number of amides is 1. The van der Waals surface area contributed by atoms with Crippen LogP contribution in [0.4, 0.5) is 0 Å². The van der Waals surface area contributed by atoms with Gasteiger partial charge >= 0.3 is 6.01 Å². The van der Waals surface area contributed by atoms with Gasteiger partial charge in [0.2, 0.25) is 5.91 Å². The maximum absolute atomic E-state index is 12.3. The Kier molecular flexibility index (Phi) is 4.74. The van der Waals surface area contributed by atoms with Gasteiger partial charge in [-0.05, 0) is 30.5 Å². The average molecular weight is 371 g/mol. The third kappa shape index (κ3) is 3.78. The van der Waals surface area contributed by atoms with Gasteiger partial charge in [0.25, 0.3) is 0 Å². The van der Waals surface area contributed by atoms with Gasteiger partial charge in [0.15, 0.2) is 0 Å². The summed E-state index contributed by atoms with van der Waals surface area (Å²) in [7, 11) is 0. The van der Waals surface area contributed by atoms with Gasteiger partial charge in [-0.15, -0.1) is 11.3 Å². The average Bonchev–Trinajstić information content (AvgIpc) is 3.11. The Morgan fingerprint density at radius 1 is 1.46 bits per heavy atom. The zero-order chi connectivity index (χ0) is 18.0. The highest BCUT2D eigenvalue weighted by molar-refractivity contribution is 7.10. The molecular weight excluding hydrogens is 350 g/mol. The predicted molar refractivity (Wildman–Crippen MR) is 99.0 cm³/mol. The number of aromatic nitrogens is 2. The molecule has 2 aromatic heterocycles. The molecule has 136 valence electrons. The summed E-state index contributed by atoms with van der Waals surface area (Å²) >= 11 is 1.62. The smallest absolute Gasteiger partial charge is 0.316 e. The van der Waals surface area contributed by atoms with Gasteiger partial charge in [-0.1, -0.05) is 6.07 Å². The number of carbonyl (C=O) groups excluding carboxylic acids is 1. The van der Waals surface area contributed by atoms with Crippen LogP contribution in [0, 0.1) is 6.92 Å². The van der Waals surface area contributed by atoms with Gasteiger partial charge < -0.3 is 14.4 Å². The zero-order valence-electron chi connectivity index (χ0n) is 14.6. The van der Waals surface area contributed by atoms with E-state index < -0.39 is 0 Å². The fraction of sp³-hybridized carbons (Fsp3) is 0.421. The molecular formula is C19H21N3O3S. The molecule has 2 aromatic rings. The minimum Gasteiger partial charge on any atom is -0.460 e. The molecule has 0 N–H and O–H groups in total. The topological polar surface area (TPSA) is 64.6 Å². The van der Waals surface area contributed by atoms with Crippen molar-refractivity contribution in [3.8, 4) is 6.01 Å². The van der Waals surface area contributed by atoms with Crippen molar-refractivity contribution in [2.24, 2.45) is 0 Å². The van der Waals surface area contributed by atoms with Crippen molar-refractivity contribution in [1.82, 2.24) is 14.9 Å². The van der Waals surface area contributed by atoms with Crippen molar-refractivity contribution in [3.05, 3.63) is 46.4 Å². The highest BCUT2D eigenvalue weighted by Gasteiger charge is 2.49. The molecule has 2 saturated heterocycles. The number of likely N-dealkylation sites (tertiary alicyclic amines) is 1. The zero-order valence-corrected chi connectivity index (χ0v) is 15.4. The normalized spacial score (nSPS) is 21.7. The molecule has 1 amide bonds. The summed E-state index contributed by atoms with van der Waals surface area (Å²) in [4.78, 5) is 23.7. The van der Waals surface area contributed by atoms with Crippen LogP contribution in [0.15, 0.2) is 35.9 Å². The summed E-state index contributed by atoms with van der Waals surface area (Å²) in [5.74, 6) is 0.0256. The second-order valence-electron chi connectivity index (χ2n) is 6.79. The van der Waals surface area contributed by atoms with Gasteiger partial charge in [-0.25, -0.2) is 9.97 Å². The maximum atomic E-state index is 12.3. The molecule has 0 aromatic carbocycles. The molecule has 2 aliphatic heterocycles. The molecule has 4 rings (SSSR count). The quantitative estimate of drug-likeness (QED) is 0.773. The van der Waals surface area contributed by atoms with E-state index in [4.69, 9.17) is 9.47 Å². The first-order chi connectivity index (χ1) is 12.6. The van der Waals surface area contributed by atoms with E-state index in [0.29, 0.717) is 25.7 Å². The third-order valence-electron chi connectivity index (χ3n) is 4.70. The van der Waals surface area contributed by atoms with Crippen LogP contribution in [0.2, 0.25) is 0 Å². The number of rotatable bonds is 4. The molecule has 0 radical (unpaired) electrons. The van der Waals surface area contributed by atoms with Gasteiger partial charge in [-0.3, -0.25) is 4.79 Å². The molecule has 1 atom stereocenters. The molecule has 0 saturated carbocycles. The minimum atomic E-state index is -0.292. The van der Waals surface area contributed by atoms with Gasteiger partial charge in [0.1, 0.15) is 11.7 Å². The van der Waals surface area contributed by atoms with Crippen molar-refractivity contribution in [2.45, 2.75) is 31.5 Å². The van der Waals surface area contributed by atoms with Crippen LogP contribution < -0.4 is 4.74 Å². The predicted octanol–water partition coefficient (Wildman–Crippen LogP) is 2.70. The number of aryl methyl sites for hydroxylation is 1. The van der Waals surface area contributed by atoms with Crippen LogP contribution in [-0.4, -0.2) is 52.2 Å². The summed E-state index contributed by atoms with van der Waals surface area (Å²) in [5, 5.41) is 2.00. The van der Waals surface area contributed by atoms with E-state index in [0.717, 1.165) is 23.4 Å². The monoisotopic (exact) mass is 371 g/mol. The molecule has 26 heavy (non-hydrogen) atoms. The van der Waals surface area contributed by atoms with Crippen molar-refractivity contribution in [1.29, 1.82) is 0 Å². The number of thiophene rings is 1. The van der Waals surface area contributed by atoms with Crippen LogP contribution >= 0.6 is 11.3 Å². The van der Waals surface area contributed by atoms with E-state index >= 15 is 0 Å². The Morgan fingerprint density at radius 3 is 3.12 bits per heavy atom. The second-order valence-corrected chi connectivity index (χ2v) is 7.77. The van der Waals surface area contributed by atoms with Crippen LogP contribution in [0.3, 0.4) is 0 Å². The van der Waals surface area contributed by atoms with Crippen LogP contribution in [0.25, 0.3) is 6.08 Å². The largest absolute Gasteiger partial charge is 0.460 e. The lowest BCUT2D eigenvalue weighted by Crippen LogP contribution is -2.67. The Morgan fingerprint density at radius 2 is 2.35 bits per heavy atom. The minimum absolute atomic E-state index is 0.0180. The lowest BCUT2D eigenvalue weighted by Gasteiger charge is -2.52. The molecule has 0 aliphatic carbocycles. The molecule has 0 unspecified atom stereocenters. The van der Waals surface area contributed by atoms with Crippen molar-refractivity contribution in [2.75, 3.05) is 19.7 Å². The van der Waals surface area contributed by atoms with E-state index in [1.165, 1.54) is 0 Å². The molecule has 2 aliphatic rings. The van der Waals surface area contributed by atoms with Crippen molar-refractivity contribution < 1.29 is 14.3 Å². The van der Waals surface area contributed by atoms with E-state index in [1.54, 1.807) is 23.6 Å². The second kappa shape index (κ2) is 7.17. The molecule has 4 heterocycles. The Bertz CT molecular complexity index is 800. The van der Waals surface area contributed by atoms with Crippen molar-refractivity contribution in [3.63, 3.8) is 0 Å². The maximum Gasteiger partial charge on any atom is 0.316 e. The van der Waals surface area contributed by atoms with E-state index in [9.17, 15) is 4.79 Å². The first-order valence-electron chi connectivity index (χ1n) is 8.73. The summed E-state index contributed by atoms with van der Waals surface area (Å²) in [6, 6.07) is 6.22. The van der Waals surface area contributed by atoms with Crippen LogP contribution in [0.5, 0.6) is 6.01 Å². The van der Waals surface area contributed by atoms with Gasteiger partial charge in [0, 0.05) is 35.7 Å². The highest BCUT2D eigenvalue weighted by atomic mass is 32.1. The summed E-state index contributed by atoms with van der Waals surface area (Å²) in [6.07, 6.45) is 6.78. The number of ether oxygens (including phenoxy) is 2. The fourth-order valence-electron chi connectivity index (χ4n) is 3.39. The Labute approximate surface area is 156 Å².